The third kappa shape index (κ3) is 3.29. The number of hydrogen-bond acceptors (Lipinski definition) is 3. The molecule has 20 heavy (non-hydrogen) atoms. The van der Waals surface area contributed by atoms with Crippen LogP contribution < -0.4 is 10.2 Å². The molecule has 6 heteroatoms. The van der Waals surface area contributed by atoms with Crippen LogP contribution in [0, 0.1) is 5.92 Å². The number of halogens is 1. The van der Waals surface area contributed by atoms with Gasteiger partial charge in [0, 0.05) is 23.8 Å². The van der Waals surface area contributed by atoms with Crippen LogP contribution in [-0.4, -0.2) is 36.1 Å². The van der Waals surface area contributed by atoms with E-state index in [1.807, 2.05) is 0 Å². The Balaban J connectivity index is 2.04. The van der Waals surface area contributed by atoms with Crippen LogP contribution >= 0.6 is 11.6 Å². The van der Waals surface area contributed by atoms with Crippen molar-refractivity contribution in [3.05, 3.63) is 29.3 Å². The van der Waals surface area contributed by atoms with Gasteiger partial charge in [0.25, 0.3) is 0 Å². The zero-order valence-corrected chi connectivity index (χ0v) is 11.9. The summed E-state index contributed by atoms with van der Waals surface area (Å²) in [6.45, 7) is 2.22. The lowest BCUT2D eigenvalue weighted by Crippen LogP contribution is -2.39. The van der Waals surface area contributed by atoms with Gasteiger partial charge in [0.15, 0.2) is 0 Å². The molecule has 0 aliphatic carbocycles. The molecule has 1 aliphatic rings. The summed E-state index contributed by atoms with van der Waals surface area (Å²) in [4.78, 5) is 25.7. The van der Waals surface area contributed by atoms with Gasteiger partial charge in [-0.1, -0.05) is 17.7 Å². The summed E-state index contributed by atoms with van der Waals surface area (Å²) < 4.78 is 0. The van der Waals surface area contributed by atoms with Crippen LogP contribution in [-0.2, 0) is 9.59 Å². The predicted octanol–water partition coefficient (Wildman–Crippen LogP) is 1.19. The molecule has 1 heterocycles. The Hall–Kier alpha value is -1.59. The molecule has 0 spiro atoms. The molecule has 0 aromatic heterocycles. The number of amides is 2. The van der Waals surface area contributed by atoms with Gasteiger partial charge in [0.1, 0.15) is 5.92 Å². The zero-order valence-electron chi connectivity index (χ0n) is 11.2. The Morgan fingerprint density at radius 2 is 2.35 bits per heavy atom. The molecular weight excluding hydrogens is 280 g/mol. The third-order valence-electron chi connectivity index (χ3n) is 3.21. The number of carbonyl (C=O) groups excluding carboxylic acids is 2. The number of nitrogens with one attached hydrogen (secondary N) is 1. The molecule has 1 saturated heterocycles. The van der Waals surface area contributed by atoms with E-state index >= 15 is 0 Å². The maximum atomic E-state index is 12.3. The summed E-state index contributed by atoms with van der Waals surface area (Å²) in [7, 11) is 0. The van der Waals surface area contributed by atoms with Crippen LogP contribution in [0.5, 0.6) is 0 Å². The standard InChI is InChI=1S/C14H17ClN2O3/c1-9(18)8-16-13(19)12-5-6-17(14(12)20)11-4-2-3-10(15)7-11/h2-4,7,9,12,18H,5-6,8H2,1H3,(H,16,19). The molecule has 1 aromatic rings. The fraction of sp³-hybridized carbons (Fsp3) is 0.429. The minimum Gasteiger partial charge on any atom is -0.392 e. The Bertz CT molecular complexity index is 519. The minimum atomic E-state index is -0.687. The van der Waals surface area contributed by atoms with E-state index < -0.39 is 12.0 Å². The second-order valence-electron chi connectivity index (χ2n) is 4.91. The molecule has 2 N–H and O–H groups in total. The van der Waals surface area contributed by atoms with E-state index in [0.717, 1.165) is 0 Å². The van der Waals surface area contributed by atoms with E-state index in [1.54, 1.807) is 36.1 Å². The van der Waals surface area contributed by atoms with Gasteiger partial charge in [-0.05, 0) is 31.5 Å². The van der Waals surface area contributed by atoms with Gasteiger partial charge in [0.2, 0.25) is 11.8 Å². The summed E-state index contributed by atoms with van der Waals surface area (Å²) in [6.07, 6.45) is -0.156. The number of nitrogens with zero attached hydrogens (tertiary/aromatic N) is 1. The van der Waals surface area contributed by atoms with Crippen molar-refractivity contribution in [2.24, 2.45) is 5.92 Å². The monoisotopic (exact) mass is 296 g/mol. The van der Waals surface area contributed by atoms with Crippen molar-refractivity contribution in [1.82, 2.24) is 5.32 Å². The number of anilines is 1. The number of benzene rings is 1. The van der Waals surface area contributed by atoms with Crippen molar-refractivity contribution >= 4 is 29.1 Å². The van der Waals surface area contributed by atoms with Gasteiger partial charge in [-0.25, -0.2) is 0 Å². The molecule has 1 fully saturated rings. The van der Waals surface area contributed by atoms with Crippen LogP contribution in [0.4, 0.5) is 5.69 Å². The summed E-state index contributed by atoms with van der Waals surface area (Å²) in [5.41, 5.74) is 0.702. The molecule has 2 unspecified atom stereocenters. The number of aliphatic hydroxyl groups excluding tert-OH is 1. The molecule has 2 rings (SSSR count). The van der Waals surface area contributed by atoms with Crippen LogP contribution in [0.25, 0.3) is 0 Å². The maximum absolute atomic E-state index is 12.3. The van der Waals surface area contributed by atoms with Crippen molar-refractivity contribution in [2.45, 2.75) is 19.4 Å². The number of aliphatic hydroxyl groups is 1. The fourth-order valence-electron chi connectivity index (χ4n) is 2.20. The second kappa shape index (κ2) is 6.24. The molecule has 2 atom stereocenters. The van der Waals surface area contributed by atoms with Gasteiger partial charge in [-0.3, -0.25) is 9.59 Å². The third-order valence-corrected chi connectivity index (χ3v) is 3.45. The molecule has 108 valence electrons. The van der Waals surface area contributed by atoms with E-state index in [9.17, 15) is 9.59 Å². The van der Waals surface area contributed by atoms with Crippen LogP contribution in [0.3, 0.4) is 0 Å². The summed E-state index contributed by atoms with van der Waals surface area (Å²) in [6, 6.07) is 7.00. The van der Waals surface area contributed by atoms with Gasteiger partial charge < -0.3 is 15.3 Å². The quantitative estimate of drug-likeness (QED) is 0.820. The molecule has 2 amide bonds. The topological polar surface area (TPSA) is 69.6 Å². The number of rotatable bonds is 4. The fourth-order valence-corrected chi connectivity index (χ4v) is 2.38. The first kappa shape index (κ1) is 14.8. The minimum absolute atomic E-state index is 0.153. The van der Waals surface area contributed by atoms with E-state index in [-0.39, 0.29) is 18.4 Å². The molecule has 1 aromatic carbocycles. The van der Waals surface area contributed by atoms with Crippen LogP contribution in [0.1, 0.15) is 13.3 Å². The highest BCUT2D eigenvalue weighted by atomic mass is 35.5. The van der Waals surface area contributed by atoms with Crippen LogP contribution in [0.2, 0.25) is 5.02 Å². The number of carbonyl (C=O) groups is 2. The van der Waals surface area contributed by atoms with E-state index in [1.165, 1.54) is 0 Å². The number of hydrogen-bond donors (Lipinski definition) is 2. The average Bonchev–Trinajstić information content (AvgIpc) is 2.78. The van der Waals surface area contributed by atoms with Crippen molar-refractivity contribution in [2.75, 3.05) is 18.0 Å². The Morgan fingerprint density at radius 3 is 3.00 bits per heavy atom. The van der Waals surface area contributed by atoms with E-state index in [2.05, 4.69) is 5.32 Å². The molecular formula is C14H17ClN2O3. The summed E-state index contributed by atoms with van der Waals surface area (Å²) in [5, 5.41) is 12.3. The summed E-state index contributed by atoms with van der Waals surface area (Å²) in [5.74, 6) is -1.25. The largest absolute Gasteiger partial charge is 0.392 e. The Labute approximate surface area is 122 Å². The smallest absolute Gasteiger partial charge is 0.239 e. The highest BCUT2D eigenvalue weighted by molar-refractivity contribution is 6.31. The van der Waals surface area contributed by atoms with Gasteiger partial charge in [0.05, 0.1) is 6.10 Å². The first-order valence-corrected chi connectivity index (χ1v) is 6.89. The van der Waals surface area contributed by atoms with Crippen molar-refractivity contribution in [3.8, 4) is 0 Å². The molecule has 0 bridgehead atoms. The Morgan fingerprint density at radius 1 is 1.60 bits per heavy atom. The second-order valence-corrected chi connectivity index (χ2v) is 5.34. The van der Waals surface area contributed by atoms with Gasteiger partial charge >= 0.3 is 0 Å². The first-order valence-electron chi connectivity index (χ1n) is 6.51. The SMILES string of the molecule is CC(O)CNC(=O)C1CCN(c2cccc(Cl)c2)C1=O. The highest BCUT2D eigenvalue weighted by Crippen LogP contribution is 2.27. The maximum Gasteiger partial charge on any atom is 0.239 e. The van der Waals surface area contributed by atoms with Crippen LogP contribution in [0.15, 0.2) is 24.3 Å². The summed E-state index contributed by atoms with van der Waals surface area (Å²) >= 11 is 5.91. The van der Waals surface area contributed by atoms with Gasteiger partial charge in [-0.2, -0.15) is 0 Å². The average molecular weight is 297 g/mol. The zero-order chi connectivity index (χ0) is 14.7. The highest BCUT2D eigenvalue weighted by Gasteiger charge is 2.37. The lowest BCUT2D eigenvalue weighted by molar-refractivity contribution is -0.132. The first-order chi connectivity index (χ1) is 9.49. The van der Waals surface area contributed by atoms with E-state index in [0.29, 0.717) is 23.7 Å². The Kier molecular flexibility index (Phi) is 4.62. The van der Waals surface area contributed by atoms with Crippen molar-refractivity contribution in [3.63, 3.8) is 0 Å². The molecule has 5 nitrogen and oxygen atoms in total. The molecule has 0 saturated carbocycles. The van der Waals surface area contributed by atoms with E-state index in [4.69, 9.17) is 16.7 Å². The van der Waals surface area contributed by atoms with Crippen molar-refractivity contribution in [1.29, 1.82) is 0 Å². The predicted molar refractivity (Wildman–Crippen MR) is 76.6 cm³/mol. The van der Waals surface area contributed by atoms with Crippen molar-refractivity contribution < 1.29 is 14.7 Å². The van der Waals surface area contributed by atoms with Gasteiger partial charge in [-0.15, -0.1) is 0 Å². The molecule has 1 aliphatic heterocycles. The normalized spacial score (nSPS) is 20.1. The molecule has 0 radical (unpaired) electrons. The lowest BCUT2D eigenvalue weighted by atomic mass is 10.1. The lowest BCUT2D eigenvalue weighted by Gasteiger charge is -2.17.